The van der Waals surface area contributed by atoms with E-state index in [1.807, 2.05) is 7.05 Å². The highest BCUT2D eigenvalue weighted by molar-refractivity contribution is 5.44. The van der Waals surface area contributed by atoms with Crippen molar-refractivity contribution in [1.82, 2.24) is 24.7 Å². The molecule has 2 rings (SSSR count). The van der Waals surface area contributed by atoms with Gasteiger partial charge in [-0.25, -0.2) is 15.0 Å². The lowest BCUT2D eigenvalue weighted by Crippen LogP contribution is -2.10. The smallest absolute Gasteiger partial charge is 0.152 e. The van der Waals surface area contributed by atoms with Crippen LogP contribution in [0.4, 0.5) is 11.6 Å². The van der Waals surface area contributed by atoms with Crippen molar-refractivity contribution in [3.05, 3.63) is 24.0 Å². The fourth-order valence-corrected chi connectivity index (χ4v) is 1.74. The quantitative estimate of drug-likeness (QED) is 0.798. The van der Waals surface area contributed by atoms with Crippen molar-refractivity contribution in [1.29, 1.82) is 0 Å². The molecule has 0 saturated carbocycles. The second-order valence-corrected chi connectivity index (χ2v) is 4.36. The predicted molar refractivity (Wildman–Crippen MR) is 73.6 cm³/mol. The number of aryl methyl sites for hydroxylation is 2. The van der Waals surface area contributed by atoms with Gasteiger partial charge in [0.15, 0.2) is 5.82 Å². The maximum Gasteiger partial charge on any atom is 0.152 e. The molecule has 19 heavy (non-hydrogen) atoms. The summed E-state index contributed by atoms with van der Waals surface area (Å²) >= 11 is 0. The van der Waals surface area contributed by atoms with E-state index in [1.54, 1.807) is 17.1 Å². The van der Waals surface area contributed by atoms with Crippen molar-refractivity contribution < 1.29 is 0 Å². The van der Waals surface area contributed by atoms with E-state index in [1.165, 1.54) is 0 Å². The number of rotatable bonds is 6. The number of hydrogen-bond donors (Lipinski definition) is 2. The predicted octanol–water partition coefficient (Wildman–Crippen LogP) is 0.794. The van der Waals surface area contributed by atoms with Crippen LogP contribution in [-0.2, 0) is 19.9 Å². The van der Waals surface area contributed by atoms with Crippen LogP contribution in [0, 0.1) is 0 Å². The Labute approximate surface area is 112 Å². The van der Waals surface area contributed by atoms with Gasteiger partial charge >= 0.3 is 0 Å². The highest BCUT2D eigenvalue weighted by atomic mass is 15.3. The largest absolute Gasteiger partial charge is 0.384 e. The number of nitrogens with two attached hydrogens (primary N) is 1. The summed E-state index contributed by atoms with van der Waals surface area (Å²) in [5.41, 5.74) is 5.76. The molecule has 0 aliphatic rings. The minimum Gasteiger partial charge on any atom is -0.384 e. The van der Waals surface area contributed by atoms with Crippen molar-refractivity contribution >= 4 is 11.6 Å². The number of nitrogens with zero attached hydrogens (tertiary/aromatic N) is 5. The third-order valence-corrected chi connectivity index (χ3v) is 2.57. The third-order valence-electron chi connectivity index (χ3n) is 2.57. The number of hydrogen-bond acceptors (Lipinski definition) is 6. The second-order valence-electron chi connectivity index (χ2n) is 4.36. The van der Waals surface area contributed by atoms with E-state index in [0.717, 1.165) is 36.7 Å². The van der Waals surface area contributed by atoms with E-state index >= 15 is 0 Å². The Kier molecular flexibility index (Phi) is 4.27. The number of anilines is 2. The zero-order valence-electron chi connectivity index (χ0n) is 11.3. The molecule has 102 valence electrons. The van der Waals surface area contributed by atoms with Crippen LogP contribution in [0.3, 0.4) is 0 Å². The molecule has 0 atom stereocenters. The van der Waals surface area contributed by atoms with Crippen LogP contribution in [0.1, 0.15) is 25.0 Å². The normalized spacial score (nSPS) is 10.6. The van der Waals surface area contributed by atoms with Gasteiger partial charge in [0.1, 0.15) is 23.8 Å². The molecule has 2 heterocycles. The van der Waals surface area contributed by atoms with Gasteiger partial charge in [-0.05, 0) is 6.42 Å². The molecule has 2 aromatic rings. The fraction of sp³-hybridized carbons (Fsp3) is 0.500. The molecule has 0 aliphatic carbocycles. The van der Waals surface area contributed by atoms with Gasteiger partial charge in [0.25, 0.3) is 0 Å². The maximum atomic E-state index is 5.76. The van der Waals surface area contributed by atoms with Crippen LogP contribution >= 0.6 is 0 Å². The molecule has 0 bridgehead atoms. The molecule has 3 N–H and O–H groups in total. The van der Waals surface area contributed by atoms with Crippen molar-refractivity contribution in [2.75, 3.05) is 17.6 Å². The van der Waals surface area contributed by atoms with Crippen LogP contribution < -0.4 is 11.1 Å². The summed E-state index contributed by atoms with van der Waals surface area (Å²) in [4.78, 5) is 12.8. The Hall–Kier alpha value is -2.18. The lowest BCUT2D eigenvalue weighted by molar-refractivity contribution is 0.741. The van der Waals surface area contributed by atoms with Crippen LogP contribution in [0.5, 0.6) is 0 Å². The molecule has 2 aromatic heterocycles. The number of aromatic nitrogens is 5. The van der Waals surface area contributed by atoms with Gasteiger partial charge in [-0.15, -0.1) is 0 Å². The summed E-state index contributed by atoms with van der Waals surface area (Å²) in [5.74, 6) is 2.84. The Morgan fingerprint density at radius 2 is 2.11 bits per heavy atom. The Bertz CT molecular complexity index is 535. The molecule has 0 unspecified atom stereocenters. The zero-order chi connectivity index (χ0) is 13.7. The topological polar surface area (TPSA) is 94.5 Å². The second kappa shape index (κ2) is 6.12. The molecule has 7 nitrogen and oxygen atoms in total. The van der Waals surface area contributed by atoms with Crippen molar-refractivity contribution in [2.24, 2.45) is 7.05 Å². The molecule has 0 aromatic carbocycles. The first-order valence-corrected chi connectivity index (χ1v) is 6.39. The standard InChI is InChI=1S/C12H19N7/c1-3-4-11-16-9(13)7-12(17-11)14-6-5-10-15-8-19(2)18-10/h7-8H,3-6H2,1-2H3,(H3,13,14,16,17). The molecular formula is C12H19N7. The van der Waals surface area contributed by atoms with Crippen molar-refractivity contribution in [3.63, 3.8) is 0 Å². The SMILES string of the molecule is CCCc1nc(N)cc(NCCc2ncn(C)n2)n1. The highest BCUT2D eigenvalue weighted by Crippen LogP contribution is 2.09. The minimum absolute atomic E-state index is 0.497. The van der Waals surface area contributed by atoms with Crippen LogP contribution in [0.25, 0.3) is 0 Å². The van der Waals surface area contributed by atoms with E-state index in [4.69, 9.17) is 5.73 Å². The van der Waals surface area contributed by atoms with E-state index < -0.39 is 0 Å². The van der Waals surface area contributed by atoms with Gasteiger partial charge in [0.05, 0.1) is 0 Å². The van der Waals surface area contributed by atoms with Crippen LogP contribution in [0.2, 0.25) is 0 Å². The molecule has 0 fully saturated rings. The Morgan fingerprint density at radius 3 is 2.79 bits per heavy atom. The molecular weight excluding hydrogens is 242 g/mol. The van der Waals surface area contributed by atoms with Gasteiger partial charge in [-0.2, -0.15) is 5.10 Å². The first-order chi connectivity index (χ1) is 9.17. The maximum absolute atomic E-state index is 5.76. The first kappa shape index (κ1) is 13.3. The van der Waals surface area contributed by atoms with E-state index in [-0.39, 0.29) is 0 Å². The Morgan fingerprint density at radius 1 is 1.26 bits per heavy atom. The first-order valence-electron chi connectivity index (χ1n) is 6.39. The summed E-state index contributed by atoms with van der Waals surface area (Å²) in [6.07, 6.45) is 4.27. The molecule has 0 aliphatic heterocycles. The Balaban J connectivity index is 1.91. The molecule has 0 radical (unpaired) electrons. The minimum atomic E-state index is 0.497. The summed E-state index contributed by atoms with van der Waals surface area (Å²) in [5, 5.41) is 7.44. The van der Waals surface area contributed by atoms with Gasteiger partial charge in [0, 0.05) is 32.5 Å². The van der Waals surface area contributed by atoms with Gasteiger partial charge < -0.3 is 11.1 Å². The number of nitrogen functional groups attached to an aromatic ring is 1. The van der Waals surface area contributed by atoms with Crippen LogP contribution in [-0.4, -0.2) is 31.3 Å². The van der Waals surface area contributed by atoms with E-state index in [2.05, 4.69) is 32.3 Å². The van der Waals surface area contributed by atoms with Crippen LogP contribution in [0.15, 0.2) is 12.4 Å². The molecule has 0 amide bonds. The summed E-state index contributed by atoms with van der Waals surface area (Å²) in [6.45, 7) is 2.80. The average Bonchev–Trinajstić information content (AvgIpc) is 2.75. The third kappa shape index (κ3) is 3.90. The van der Waals surface area contributed by atoms with Crippen molar-refractivity contribution in [3.8, 4) is 0 Å². The summed E-state index contributed by atoms with van der Waals surface area (Å²) < 4.78 is 1.69. The van der Waals surface area contributed by atoms with Crippen molar-refractivity contribution in [2.45, 2.75) is 26.2 Å². The van der Waals surface area contributed by atoms with Gasteiger partial charge in [-0.3, -0.25) is 4.68 Å². The highest BCUT2D eigenvalue weighted by Gasteiger charge is 2.03. The molecule has 7 heteroatoms. The summed E-state index contributed by atoms with van der Waals surface area (Å²) in [6, 6.07) is 1.74. The summed E-state index contributed by atoms with van der Waals surface area (Å²) in [7, 11) is 1.85. The lowest BCUT2D eigenvalue weighted by atomic mass is 10.3. The van der Waals surface area contributed by atoms with Gasteiger partial charge in [-0.1, -0.05) is 6.92 Å². The lowest BCUT2D eigenvalue weighted by Gasteiger charge is -2.07. The fourth-order valence-electron chi connectivity index (χ4n) is 1.74. The molecule has 0 saturated heterocycles. The average molecular weight is 261 g/mol. The number of nitrogens with one attached hydrogen (secondary N) is 1. The van der Waals surface area contributed by atoms with E-state index in [0.29, 0.717) is 12.4 Å². The monoisotopic (exact) mass is 261 g/mol. The zero-order valence-corrected chi connectivity index (χ0v) is 11.3. The van der Waals surface area contributed by atoms with Gasteiger partial charge in [0.2, 0.25) is 0 Å². The molecule has 0 spiro atoms. The van der Waals surface area contributed by atoms with E-state index in [9.17, 15) is 0 Å².